The van der Waals surface area contributed by atoms with Crippen LogP contribution in [-0.4, -0.2) is 23.8 Å². The number of hydrazone groups is 1. The van der Waals surface area contributed by atoms with E-state index in [-0.39, 0.29) is 11.7 Å². The lowest BCUT2D eigenvalue weighted by Gasteiger charge is -2.05. The molecule has 0 spiro atoms. The molecule has 0 atom stereocenters. The highest BCUT2D eigenvalue weighted by molar-refractivity contribution is 6.03. The number of fused-ring (bicyclic) bond motifs is 1. The number of phenols is 1. The third-order valence-corrected chi connectivity index (χ3v) is 3.79. The first-order chi connectivity index (χ1) is 12.7. The molecule has 0 saturated carbocycles. The second kappa shape index (κ2) is 7.98. The summed E-state index contributed by atoms with van der Waals surface area (Å²) < 4.78 is 5.38. The van der Waals surface area contributed by atoms with Crippen LogP contribution in [0.4, 0.5) is 0 Å². The molecule has 26 heavy (non-hydrogen) atoms. The zero-order valence-electron chi connectivity index (χ0n) is 14.1. The largest absolute Gasteiger partial charge is 0.507 e. The Hall–Kier alpha value is -3.60. The second-order valence-corrected chi connectivity index (χ2v) is 5.54. The van der Waals surface area contributed by atoms with E-state index in [0.29, 0.717) is 23.5 Å². The van der Waals surface area contributed by atoms with E-state index in [9.17, 15) is 9.90 Å². The van der Waals surface area contributed by atoms with Gasteiger partial charge in [-0.1, -0.05) is 43.0 Å². The molecule has 0 bridgehead atoms. The SMILES string of the molecule is C=CCOc1ccc(C(=O)NN=Cc2c(O)ccc3ccccc23)cc1. The van der Waals surface area contributed by atoms with Crippen LogP contribution in [0.2, 0.25) is 0 Å². The number of carbonyl (C=O) groups excluding carboxylic acids is 1. The molecule has 0 unspecified atom stereocenters. The van der Waals surface area contributed by atoms with Gasteiger partial charge in [0.25, 0.3) is 5.91 Å². The molecular formula is C21H18N2O3. The van der Waals surface area contributed by atoms with E-state index >= 15 is 0 Å². The van der Waals surface area contributed by atoms with Crippen molar-refractivity contribution in [3.8, 4) is 11.5 Å². The summed E-state index contributed by atoms with van der Waals surface area (Å²) in [5.74, 6) is 0.410. The van der Waals surface area contributed by atoms with Crippen molar-refractivity contribution in [1.82, 2.24) is 5.43 Å². The Morgan fingerprint density at radius 2 is 1.88 bits per heavy atom. The van der Waals surface area contributed by atoms with Gasteiger partial charge in [-0.2, -0.15) is 5.10 Å². The number of hydrogen-bond donors (Lipinski definition) is 2. The Morgan fingerprint density at radius 1 is 1.12 bits per heavy atom. The van der Waals surface area contributed by atoms with Crippen molar-refractivity contribution in [3.05, 3.63) is 84.4 Å². The first-order valence-corrected chi connectivity index (χ1v) is 8.07. The lowest BCUT2D eigenvalue weighted by atomic mass is 10.0. The maximum absolute atomic E-state index is 12.2. The molecule has 0 fully saturated rings. The molecule has 0 saturated heterocycles. The van der Waals surface area contributed by atoms with Crippen LogP contribution in [0.5, 0.6) is 11.5 Å². The zero-order chi connectivity index (χ0) is 18.4. The predicted octanol–water partition coefficient (Wildman–Crippen LogP) is 3.87. The quantitative estimate of drug-likeness (QED) is 0.404. The van der Waals surface area contributed by atoms with Crippen LogP contribution in [0.25, 0.3) is 10.8 Å². The number of benzene rings is 3. The monoisotopic (exact) mass is 346 g/mol. The minimum absolute atomic E-state index is 0.102. The standard InChI is InChI=1S/C21H18N2O3/c1-2-13-26-17-10-7-16(8-11-17)21(25)23-22-14-19-18-6-4-3-5-15(18)9-12-20(19)24/h2-12,14,24H,1,13H2,(H,23,25). The third kappa shape index (κ3) is 3.89. The van der Waals surface area contributed by atoms with Crippen LogP contribution in [0.1, 0.15) is 15.9 Å². The first kappa shape index (κ1) is 17.2. The molecule has 3 aromatic rings. The van der Waals surface area contributed by atoms with Gasteiger partial charge in [-0.15, -0.1) is 0 Å². The topological polar surface area (TPSA) is 70.9 Å². The van der Waals surface area contributed by atoms with Crippen molar-refractivity contribution in [2.24, 2.45) is 5.10 Å². The number of amides is 1. The summed E-state index contributed by atoms with van der Waals surface area (Å²) in [7, 11) is 0. The fourth-order valence-corrected chi connectivity index (χ4v) is 2.50. The zero-order valence-corrected chi connectivity index (χ0v) is 14.1. The predicted molar refractivity (Wildman–Crippen MR) is 103 cm³/mol. The third-order valence-electron chi connectivity index (χ3n) is 3.79. The number of nitrogens with one attached hydrogen (secondary N) is 1. The lowest BCUT2D eigenvalue weighted by molar-refractivity contribution is 0.0955. The van der Waals surface area contributed by atoms with Crippen molar-refractivity contribution in [1.29, 1.82) is 0 Å². The highest BCUT2D eigenvalue weighted by atomic mass is 16.5. The van der Waals surface area contributed by atoms with E-state index < -0.39 is 0 Å². The summed E-state index contributed by atoms with van der Waals surface area (Å²) in [5, 5.41) is 15.9. The van der Waals surface area contributed by atoms with Gasteiger partial charge >= 0.3 is 0 Å². The molecule has 0 aromatic heterocycles. The van der Waals surface area contributed by atoms with Gasteiger partial charge in [0, 0.05) is 11.1 Å². The average Bonchev–Trinajstić information content (AvgIpc) is 2.68. The van der Waals surface area contributed by atoms with E-state index in [4.69, 9.17) is 4.74 Å². The highest BCUT2D eigenvalue weighted by Gasteiger charge is 2.06. The van der Waals surface area contributed by atoms with Crippen molar-refractivity contribution < 1.29 is 14.6 Å². The molecule has 0 aliphatic heterocycles. The Kier molecular flexibility index (Phi) is 5.29. The molecule has 5 heteroatoms. The lowest BCUT2D eigenvalue weighted by Crippen LogP contribution is -2.17. The van der Waals surface area contributed by atoms with Gasteiger partial charge in [0.1, 0.15) is 18.1 Å². The first-order valence-electron chi connectivity index (χ1n) is 8.07. The molecule has 2 N–H and O–H groups in total. The molecule has 0 radical (unpaired) electrons. The maximum atomic E-state index is 12.2. The summed E-state index contributed by atoms with van der Waals surface area (Å²) >= 11 is 0. The smallest absolute Gasteiger partial charge is 0.271 e. The number of hydrogen-bond acceptors (Lipinski definition) is 4. The van der Waals surface area contributed by atoms with E-state index in [1.807, 2.05) is 30.3 Å². The Balaban J connectivity index is 1.71. The second-order valence-electron chi connectivity index (χ2n) is 5.54. The Morgan fingerprint density at radius 3 is 2.65 bits per heavy atom. The summed E-state index contributed by atoms with van der Waals surface area (Å²) in [5.41, 5.74) is 3.47. The molecular weight excluding hydrogens is 328 g/mol. The summed E-state index contributed by atoms with van der Waals surface area (Å²) in [6, 6.07) is 17.8. The Labute approximate surface area is 151 Å². The van der Waals surface area contributed by atoms with Crippen molar-refractivity contribution in [2.45, 2.75) is 0 Å². The van der Waals surface area contributed by atoms with Crippen molar-refractivity contribution >= 4 is 22.9 Å². The van der Waals surface area contributed by atoms with E-state index in [1.54, 1.807) is 36.4 Å². The minimum atomic E-state index is -0.351. The number of rotatable bonds is 6. The van der Waals surface area contributed by atoms with Gasteiger partial charge in [0.2, 0.25) is 0 Å². The summed E-state index contributed by atoms with van der Waals surface area (Å²) in [6.07, 6.45) is 3.09. The van der Waals surface area contributed by atoms with Gasteiger partial charge in [-0.05, 0) is 41.1 Å². The fourth-order valence-electron chi connectivity index (χ4n) is 2.50. The maximum Gasteiger partial charge on any atom is 0.271 e. The van der Waals surface area contributed by atoms with Gasteiger partial charge in [0.05, 0.1) is 6.21 Å². The normalized spacial score (nSPS) is 10.8. The molecule has 130 valence electrons. The van der Waals surface area contributed by atoms with Gasteiger partial charge in [-0.3, -0.25) is 4.79 Å². The van der Waals surface area contributed by atoms with Crippen LogP contribution in [0, 0.1) is 0 Å². The fraction of sp³-hybridized carbons (Fsp3) is 0.0476. The molecule has 3 rings (SSSR count). The molecule has 1 amide bonds. The number of nitrogens with zero attached hydrogens (tertiary/aromatic N) is 1. The number of ether oxygens (including phenoxy) is 1. The number of aromatic hydroxyl groups is 1. The van der Waals surface area contributed by atoms with Gasteiger partial charge < -0.3 is 9.84 Å². The van der Waals surface area contributed by atoms with Gasteiger partial charge in [0.15, 0.2) is 0 Å². The van der Waals surface area contributed by atoms with Crippen LogP contribution in [0.15, 0.2) is 78.4 Å². The Bertz CT molecular complexity index is 963. The number of phenolic OH excluding ortho intramolecular Hbond substituents is 1. The molecule has 0 aliphatic rings. The summed E-state index contributed by atoms with van der Waals surface area (Å²) in [4.78, 5) is 12.2. The highest BCUT2D eigenvalue weighted by Crippen LogP contribution is 2.25. The molecule has 3 aromatic carbocycles. The average molecular weight is 346 g/mol. The van der Waals surface area contributed by atoms with E-state index in [0.717, 1.165) is 10.8 Å². The molecule has 0 aliphatic carbocycles. The molecule has 5 nitrogen and oxygen atoms in total. The van der Waals surface area contributed by atoms with Crippen LogP contribution < -0.4 is 10.2 Å². The van der Waals surface area contributed by atoms with Crippen LogP contribution >= 0.6 is 0 Å². The van der Waals surface area contributed by atoms with E-state index in [2.05, 4.69) is 17.1 Å². The van der Waals surface area contributed by atoms with Gasteiger partial charge in [-0.25, -0.2) is 5.43 Å². The summed E-state index contributed by atoms with van der Waals surface area (Å²) in [6.45, 7) is 3.99. The van der Waals surface area contributed by atoms with E-state index in [1.165, 1.54) is 6.21 Å². The number of carbonyl (C=O) groups is 1. The van der Waals surface area contributed by atoms with Crippen molar-refractivity contribution in [2.75, 3.05) is 6.61 Å². The minimum Gasteiger partial charge on any atom is -0.507 e. The van der Waals surface area contributed by atoms with Crippen LogP contribution in [-0.2, 0) is 0 Å². The van der Waals surface area contributed by atoms with Crippen LogP contribution in [0.3, 0.4) is 0 Å². The molecule has 0 heterocycles. The van der Waals surface area contributed by atoms with Crippen molar-refractivity contribution in [3.63, 3.8) is 0 Å².